The van der Waals surface area contributed by atoms with E-state index in [4.69, 9.17) is 5.73 Å². The standard InChI is InChI=1S/C25H37N5O6/c26-12-2-1-5-19(28-22(32)18-6-3-13-27-18)24(34)30-14-4-7-21(30)23(33)29-20(25(35)36)15-16-8-10-17(31)11-9-16/h8-11,18-21,27,31H,1-7,12-15,26H2,(H,28,32)(H,29,33)(H,35,36). The molecule has 11 nitrogen and oxygen atoms in total. The van der Waals surface area contributed by atoms with Crippen molar-refractivity contribution in [3.8, 4) is 5.75 Å². The first-order valence-corrected chi connectivity index (χ1v) is 12.7. The molecule has 0 aliphatic carbocycles. The van der Waals surface area contributed by atoms with Gasteiger partial charge in [0.15, 0.2) is 0 Å². The summed E-state index contributed by atoms with van der Waals surface area (Å²) in [4.78, 5) is 52.6. The molecule has 2 aliphatic rings. The van der Waals surface area contributed by atoms with Crippen LogP contribution in [0.5, 0.6) is 5.75 Å². The molecule has 0 aromatic heterocycles. The molecule has 0 bridgehead atoms. The number of nitrogens with one attached hydrogen (secondary N) is 3. The highest BCUT2D eigenvalue weighted by Gasteiger charge is 2.39. The lowest BCUT2D eigenvalue weighted by atomic mass is 10.0. The summed E-state index contributed by atoms with van der Waals surface area (Å²) in [5.41, 5.74) is 6.24. The summed E-state index contributed by atoms with van der Waals surface area (Å²) in [6.45, 7) is 1.59. The Morgan fingerprint density at radius 1 is 1.03 bits per heavy atom. The van der Waals surface area contributed by atoms with E-state index in [1.54, 1.807) is 12.1 Å². The Hall–Kier alpha value is -3.18. The van der Waals surface area contributed by atoms with Crippen LogP contribution in [0.3, 0.4) is 0 Å². The van der Waals surface area contributed by atoms with Crippen LogP contribution in [0.4, 0.5) is 0 Å². The number of rotatable bonds is 12. The van der Waals surface area contributed by atoms with Crippen molar-refractivity contribution in [3.05, 3.63) is 29.8 Å². The SMILES string of the molecule is NCCCCC(NC(=O)C1CCCN1)C(=O)N1CCCC1C(=O)NC(Cc1ccc(O)cc1)C(=O)O. The zero-order valence-corrected chi connectivity index (χ0v) is 20.4. The Balaban J connectivity index is 1.67. The van der Waals surface area contributed by atoms with E-state index in [9.17, 15) is 29.4 Å². The van der Waals surface area contributed by atoms with E-state index in [1.165, 1.54) is 17.0 Å². The molecular formula is C25H37N5O6. The predicted molar refractivity (Wildman–Crippen MR) is 132 cm³/mol. The highest BCUT2D eigenvalue weighted by Crippen LogP contribution is 2.21. The normalized spacial score (nSPS) is 21.1. The van der Waals surface area contributed by atoms with Crippen molar-refractivity contribution in [1.82, 2.24) is 20.9 Å². The number of benzene rings is 1. The fraction of sp³-hybridized carbons (Fsp3) is 0.600. The van der Waals surface area contributed by atoms with Crippen LogP contribution >= 0.6 is 0 Å². The van der Waals surface area contributed by atoms with Gasteiger partial charge >= 0.3 is 5.97 Å². The quantitative estimate of drug-likeness (QED) is 0.214. The molecule has 4 unspecified atom stereocenters. The number of carboxylic acid groups (broad SMARTS) is 1. The van der Waals surface area contributed by atoms with Gasteiger partial charge in [-0.25, -0.2) is 4.79 Å². The number of aromatic hydroxyl groups is 1. The Morgan fingerprint density at radius 2 is 1.75 bits per heavy atom. The number of hydrogen-bond acceptors (Lipinski definition) is 7. The molecular weight excluding hydrogens is 466 g/mol. The molecule has 2 aliphatic heterocycles. The monoisotopic (exact) mass is 503 g/mol. The first-order valence-electron chi connectivity index (χ1n) is 12.7. The van der Waals surface area contributed by atoms with Crippen LogP contribution in [-0.4, -0.2) is 82.6 Å². The van der Waals surface area contributed by atoms with Crippen LogP contribution in [0, 0.1) is 0 Å². The minimum absolute atomic E-state index is 0.0359. The molecule has 0 radical (unpaired) electrons. The van der Waals surface area contributed by atoms with Gasteiger partial charge in [0.25, 0.3) is 0 Å². The van der Waals surface area contributed by atoms with Gasteiger partial charge in [0.2, 0.25) is 17.7 Å². The first kappa shape index (κ1) is 27.4. The average molecular weight is 504 g/mol. The average Bonchev–Trinajstić information content (AvgIpc) is 3.56. The Bertz CT molecular complexity index is 918. The summed E-state index contributed by atoms with van der Waals surface area (Å²) in [6, 6.07) is 3.00. The summed E-state index contributed by atoms with van der Waals surface area (Å²) < 4.78 is 0. The highest BCUT2D eigenvalue weighted by atomic mass is 16.4. The van der Waals surface area contributed by atoms with Gasteiger partial charge in [0.1, 0.15) is 23.9 Å². The fourth-order valence-electron chi connectivity index (χ4n) is 4.77. The number of amides is 3. The zero-order valence-electron chi connectivity index (χ0n) is 20.4. The zero-order chi connectivity index (χ0) is 26.1. The molecule has 3 amide bonds. The minimum Gasteiger partial charge on any atom is -0.508 e. The number of aliphatic carboxylic acids is 1. The van der Waals surface area contributed by atoms with Crippen molar-refractivity contribution in [2.24, 2.45) is 5.73 Å². The maximum Gasteiger partial charge on any atom is 0.326 e. The van der Waals surface area contributed by atoms with Gasteiger partial charge in [-0.05, 0) is 75.7 Å². The van der Waals surface area contributed by atoms with Gasteiger partial charge in [0, 0.05) is 13.0 Å². The van der Waals surface area contributed by atoms with Crippen LogP contribution in [0.15, 0.2) is 24.3 Å². The van der Waals surface area contributed by atoms with E-state index < -0.39 is 30.0 Å². The number of carboxylic acids is 1. The number of phenols is 1. The summed E-state index contributed by atoms with van der Waals surface area (Å²) in [5.74, 6) is -2.22. The number of likely N-dealkylation sites (tertiary alicyclic amines) is 1. The Labute approximate surface area is 210 Å². The van der Waals surface area contributed by atoms with Gasteiger partial charge < -0.3 is 36.8 Å². The van der Waals surface area contributed by atoms with Crippen LogP contribution in [0.1, 0.15) is 50.5 Å². The Morgan fingerprint density at radius 3 is 2.39 bits per heavy atom. The number of phenolic OH excluding ortho intramolecular Hbond substituents is 1. The van der Waals surface area contributed by atoms with Crippen LogP contribution < -0.4 is 21.7 Å². The maximum absolute atomic E-state index is 13.5. The number of carbonyl (C=O) groups is 4. The molecule has 0 spiro atoms. The minimum atomic E-state index is -1.19. The van der Waals surface area contributed by atoms with Crippen molar-refractivity contribution < 1.29 is 29.4 Å². The molecule has 36 heavy (non-hydrogen) atoms. The second-order valence-electron chi connectivity index (χ2n) is 9.45. The highest BCUT2D eigenvalue weighted by molar-refractivity contribution is 5.94. The molecule has 11 heteroatoms. The van der Waals surface area contributed by atoms with Gasteiger partial charge in [-0.2, -0.15) is 0 Å². The second-order valence-corrected chi connectivity index (χ2v) is 9.45. The summed E-state index contributed by atoms with van der Waals surface area (Å²) in [6.07, 6.45) is 4.44. The lowest BCUT2D eigenvalue weighted by molar-refractivity contribution is -0.145. The van der Waals surface area contributed by atoms with Crippen molar-refractivity contribution in [1.29, 1.82) is 0 Å². The molecule has 3 rings (SSSR count). The third kappa shape index (κ3) is 7.41. The van der Waals surface area contributed by atoms with Crippen molar-refractivity contribution in [2.45, 2.75) is 75.5 Å². The lowest BCUT2D eigenvalue weighted by Crippen LogP contribution is -2.56. The van der Waals surface area contributed by atoms with Crippen LogP contribution in [0.2, 0.25) is 0 Å². The number of carbonyl (C=O) groups excluding carboxylic acids is 3. The number of nitrogens with two attached hydrogens (primary N) is 1. The smallest absolute Gasteiger partial charge is 0.326 e. The number of nitrogens with zero attached hydrogens (tertiary/aromatic N) is 1. The number of unbranched alkanes of at least 4 members (excludes halogenated alkanes) is 1. The molecule has 2 saturated heterocycles. The predicted octanol–water partition coefficient (Wildman–Crippen LogP) is -0.139. The molecule has 1 aromatic rings. The molecule has 2 fully saturated rings. The molecule has 4 atom stereocenters. The van der Waals surface area contributed by atoms with Crippen LogP contribution in [0.25, 0.3) is 0 Å². The van der Waals surface area contributed by atoms with Crippen molar-refractivity contribution >= 4 is 23.7 Å². The van der Waals surface area contributed by atoms with Gasteiger partial charge in [-0.3, -0.25) is 14.4 Å². The summed E-state index contributed by atoms with van der Waals surface area (Å²) >= 11 is 0. The van der Waals surface area contributed by atoms with Crippen molar-refractivity contribution in [3.63, 3.8) is 0 Å². The topological polar surface area (TPSA) is 174 Å². The van der Waals surface area contributed by atoms with E-state index in [0.717, 1.165) is 13.0 Å². The van der Waals surface area contributed by atoms with Gasteiger partial charge in [0.05, 0.1) is 6.04 Å². The summed E-state index contributed by atoms with van der Waals surface area (Å²) in [5, 5.41) is 27.7. The molecule has 198 valence electrons. The van der Waals surface area contributed by atoms with E-state index in [0.29, 0.717) is 57.2 Å². The van der Waals surface area contributed by atoms with E-state index in [1.807, 2.05) is 0 Å². The van der Waals surface area contributed by atoms with E-state index in [-0.39, 0.29) is 30.0 Å². The van der Waals surface area contributed by atoms with E-state index >= 15 is 0 Å². The third-order valence-corrected chi connectivity index (χ3v) is 6.77. The molecule has 1 aromatic carbocycles. The second kappa shape index (κ2) is 13.2. The third-order valence-electron chi connectivity index (χ3n) is 6.77. The Kier molecular flexibility index (Phi) is 10.1. The van der Waals surface area contributed by atoms with E-state index in [2.05, 4.69) is 16.0 Å². The molecule has 7 N–H and O–H groups in total. The summed E-state index contributed by atoms with van der Waals surface area (Å²) in [7, 11) is 0. The van der Waals surface area contributed by atoms with Crippen molar-refractivity contribution in [2.75, 3.05) is 19.6 Å². The number of hydrogen-bond donors (Lipinski definition) is 6. The fourth-order valence-corrected chi connectivity index (χ4v) is 4.77. The largest absolute Gasteiger partial charge is 0.508 e. The van der Waals surface area contributed by atoms with Crippen LogP contribution in [-0.2, 0) is 25.6 Å². The maximum atomic E-state index is 13.5. The first-order chi connectivity index (χ1) is 17.3. The molecule has 2 heterocycles. The van der Waals surface area contributed by atoms with Gasteiger partial charge in [-0.15, -0.1) is 0 Å². The lowest BCUT2D eigenvalue weighted by Gasteiger charge is -2.30. The van der Waals surface area contributed by atoms with Gasteiger partial charge in [-0.1, -0.05) is 12.1 Å². The molecule has 0 saturated carbocycles.